The first kappa shape index (κ1) is 25.3. The largest absolute Gasteiger partial charge is 0.236 e. The third kappa shape index (κ3) is 4.68. The first-order valence-electron chi connectivity index (χ1n) is 14.3. The molecule has 0 aliphatic carbocycles. The van der Waals surface area contributed by atoms with E-state index in [9.17, 15) is 0 Å². The quantitative estimate of drug-likeness (QED) is 0.208. The van der Waals surface area contributed by atoms with Crippen molar-refractivity contribution in [2.45, 2.75) is 0 Å². The highest BCUT2D eigenvalue weighted by Crippen LogP contribution is 2.42. The molecule has 0 amide bonds. The van der Waals surface area contributed by atoms with Crippen molar-refractivity contribution in [3.05, 3.63) is 152 Å². The van der Waals surface area contributed by atoms with Gasteiger partial charge >= 0.3 is 0 Å². The second-order valence-electron chi connectivity index (χ2n) is 10.4. The van der Waals surface area contributed by atoms with Crippen LogP contribution in [-0.2, 0) is 0 Å². The standard InChI is InChI=1S/C39H25N3S/c1-4-14-26(15-5-1)34-25-35(41-38(40-34)27-16-6-2-7-17-27)31-22-12-10-20-29(31)33-24-36-37(32-23-13-11-21-30(32)33)43-39(42-36)28-18-8-3-9-19-28/h1-25H. The number of hydrogen-bond donors (Lipinski definition) is 0. The number of hydrogen-bond acceptors (Lipinski definition) is 4. The lowest BCUT2D eigenvalue weighted by molar-refractivity contribution is 1.18. The Morgan fingerprint density at radius 1 is 0.395 bits per heavy atom. The first-order chi connectivity index (χ1) is 21.3. The summed E-state index contributed by atoms with van der Waals surface area (Å²) in [6, 6.07) is 52.5. The third-order valence-electron chi connectivity index (χ3n) is 7.74. The van der Waals surface area contributed by atoms with Gasteiger partial charge in [-0.25, -0.2) is 15.0 Å². The number of fused-ring (bicyclic) bond motifs is 3. The molecule has 0 atom stereocenters. The Morgan fingerprint density at radius 2 is 0.953 bits per heavy atom. The number of thiazole rings is 1. The Bertz CT molecular complexity index is 2170. The van der Waals surface area contributed by atoms with E-state index in [4.69, 9.17) is 15.0 Å². The molecule has 2 aromatic heterocycles. The second kappa shape index (κ2) is 10.8. The van der Waals surface area contributed by atoms with Crippen molar-refractivity contribution in [1.82, 2.24) is 15.0 Å². The van der Waals surface area contributed by atoms with Crippen molar-refractivity contribution in [1.29, 1.82) is 0 Å². The number of aromatic nitrogens is 3. The van der Waals surface area contributed by atoms with Crippen LogP contribution in [0.5, 0.6) is 0 Å². The lowest BCUT2D eigenvalue weighted by atomic mass is 9.92. The Balaban J connectivity index is 1.36. The van der Waals surface area contributed by atoms with Crippen molar-refractivity contribution in [2.75, 3.05) is 0 Å². The molecule has 8 aromatic rings. The van der Waals surface area contributed by atoms with Gasteiger partial charge in [-0.1, -0.05) is 140 Å². The van der Waals surface area contributed by atoms with Gasteiger partial charge < -0.3 is 0 Å². The average Bonchev–Trinajstić information content (AvgIpc) is 3.54. The van der Waals surface area contributed by atoms with Crippen LogP contribution >= 0.6 is 11.3 Å². The van der Waals surface area contributed by atoms with Crippen LogP contribution in [0.4, 0.5) is 0 Å². The van der Waals surface area contributed by atoms with Crippen molar-refractivity contribution in [3.63, 3.8) is 0 Å². The highest BCUT2D eigenvalue weighted by molar-refractivity contribution is 7.22. The predicted octanol–water partition coefficient (Wildman–Crippen LogP) is 10.6. The highest BCUT2D eigenvalue weighted by Gasteiger charge is 2.18. The zero-order valence-electron chi connectivity index (χ0n) is 23.2. The maximum Gasteiger partial charge on any atom is 0.160 e. The Labute approximate surface area is 253 Å². The van der Waals surface area contributed by atoms with E-state index < -0.39 is 0 Å². The fourth-order valence-corrected chi connectivity index (χ4v) is 6.77. The van der Waals surface area contributed by atoms with Gasteiger partial charge in [-0.3, -0.25) is 0 Å². The molecule has 8 rings (SSSR count). The van der Waals surface area contributed by atoms with E-state index >= 15 is 0 Å². The van der Waals surface area contributed by atoms with Gasteiger partial charge in [-0.05, 0) is 28.6 Å². The van der Waals surface area contributed by atoms with Crippen molar-refractivity contribution < 1.29 is 0 Å². The van der Waals surface area contributed by atoms with Crippen LogP contribution in [0.1, 0.15) is 0 Å². The number of benzene rings is 6. The SMILES string of the molecule is c1ccc(-c2cc(-c3ccccc3-c3cc4nc(-c5ccccc5)sc4c4ccccc34)nc(-c3ccccc3)n2)cc1. The Hall–Kier alpha value is -5.45. The molecule has 0 unspecified atom stereocenters. The molecule has 0 aliphatic rings. The minimum atomic E-state index is 0.707. The maximum atomic E-state index is 5.15. The minimum Gasteiger partial charge on any atom is -0.236 e. The number of rotatable bonds is 5. The number of nitrogens with zero attached hydrogens (tertiary/aromatic N) is 3. The van der Waals surface area contributed by atoms with Crippen LogP contribution in [-0.4, -0.2) is 15.0 Å². The van der Waals surface area contributed by atoms with E-state index in [-0.39, 0.29) is 0 Å². The summed E-state index contributed by atoms with van der Waals surface area (Å²) in [5.41, 5.74) is 9.29. The van der Waals surface area contributed by atoms with Crippen LogP contribution < -0.4 is 0 Å². The molecule has 0 aliphatic heterocycles. The summed E-state index contributed by atoms with van der Waals surface area (Å²) < 4.78 is 1.20. The molecule has 0 N–H and O–H groups in total. The van der Waals surface area contributed by atoms with Crippen LogP contribution in [0.25, 0.3) is 76.6 Å². The molecule has 6 aromatic carbocycles. The zero-order valence-corrected chi connectivity index (χ0v) is 24.0. The third-order valence-corrected chi connectivity index (χ3v) is 8.89. The molecule has 0 radical (unpaired) electrons. The first-order valence-corrected chi connectivity index (χ1v) is 15.1. The molecule has 3 nitrogen and oxygen atoms in total. The molecule has 2 heterocycles. The molecular weight excluding hydrogens is 543 g/mol. The van der Waals surface area contributed by atoms with Gasteiger partial charge in [0, 0.05) is 27.6 Å². The fourth-order valence-electron chi connectivity index (χ4n) is 5.68. The van der Waals surface area contributed by atoms with Crippen molar-refractivity contribution in [2.24, 2.45) is 0 Å². The second-order valence-corrected chi connectivity index (χ2v) is 11.4. The summed E-state index contributed by atoms with van der Waals surface area (Å²) in [6.45, 7) is 0. The van der Waals surface area contributed by atoms with Crippen molar-refractivity contribution in [3.8, 4) is 55.6 Å². The molecule has 0 bridgehead atoms. The smallest absolute Gasteiger partial charge is 0.160 e. The van der Waals surface area contributed by atoms with Crippen LogP contribution in [0.2, 0.25) is 0 Å². The molecule has 0 spiro atoms. The van der Waals surface area contributed by atoms with Gasteiger partial charge in [-0.2, -0.15) is 0 Å². The molecule has 0 saturated heterocycles. The molecular formula is C39H25N3S. The average molecular weight is 568 g/mol. The van der Waals surface area contributed by atoms with Gasteiger partial charge in [0.25, 0.3) is 0 Å². The monoisotopic (exact) mass is 567 g/mol. The molecule has 43 heavy (non-hydrogen) atoms. The van der Waals surface area contributed by atoms with Gasteiger partial charge in [0.2, 0.25) is 0 Å². The van der Waals surface area contributed by atoms with Crippen LogP contribution in [0.15, 0.2) is 152 Å². The zero-order chi connectivity index (χ0) is 28.6. The summed E-state index contributed by atoms with van der Waals surface area (Å²) in [4.78, 5) is 15.3. The molecule has 0 fully saturated rings. The topological polar surface area (TPSA) is 38.7 Å². The van der Waals surface area contributed by atoms with Crippen LogP contribution in [0.3, 0.4) is 0 Å². The summed E-state index contributed by atoms with van der Waals surface area (Å²) in [5.74, 6) is 0.707. The Morgan fingerprint density at radius 3 is 1.67 bits per heavy atom. The van der Waals surface area contributed by atoms with Gasteiger partial charge in [0.1, 0.15) is 5.01 Å². The van der Waals surface area contributed by atoms with E-state index in [0.29, 0.717) is 5.82 Å². The van der Waals surface area contributed by atoms with E-state index in [1.807, 2.05) is 42.5 Å². The summed E-state index contributed by atoms with van der Waals surface area (Å²) in [7, 11) is 0. The predicted molar refractivity (Wildman–Crippen MR) is 180 cm³/mol. The summed E-state index contributed by atoms with van der Waals surface area (Å²) in [6.07, 6.45) is 0. The van der Waals surface area contributed by atoms with Gasteiger partial charge in [0.05, 0.1) is 21.6 Å². The summed E-state index contributed by atoms with van der Waals surface area (Å²) >= 11 is 1.75. The summed E-state index contributed by atoms with van der Waals surface area (Å²) in [5, 5.41) is 3.44. The highest BCUT2D eigenvalue weighted by atomic mass is 32.1. The van der Waals surface area contributed by atoms with Gasteiger partial charge in [0.15, 0.2) is 5.82 Å². The van der Waals surface area contributed by atoms with E-state index in [0.717, 1.165) is 55.3 Å². The van der Waals surface area contributed by atoms with Crippen LogP contribution in [0, 0.1) is 0 Å². The van der Waals surface area contributed by atoms with E-state index in [1.165, 1.54) is 15.5 Å². The fraction of sp³-hybridized carbons (Fsp3) is 0. The molecule has 0 saturated carbocycles. The van der Waals surface area contributed by atoms with Crippen molar-refractivity contribution >= 4 is 32.3 Å². The maximum absolute atomic E-state index is 5.15. The molecule has 202 valence electrons. The minimum absolute atomic E-state index is 0.707. The lowest BCUT2D eigenvalue weighted by Gasteiger charge is -2.15. The molecule has 4 heteroatoms. The van der Waals surface area contributed by atoms with Gasteiger partial charge in [-0.15, -0.1) is 11.3 Å². The van der Waals surface area contributed by atoms with E-state index in [1.54, 1.807) is 11.3 Å². The van der Waals surface area contributed by atoms with E-state index in [2.05, 4.69) is 109 Å². The lowest BCUT2D eigenvalue weighted by Crippen LogP contribution is -1.97. The normalized spacial score (nSPS) is 11.3. The Kier molecular flexibility index (Phi) is 6.32.